The largest absolute Gasteiger partial charge is 0.382 e. The van der Waals surface area contributed by atoms with Crippen LogP contribution in [0.5, 0.6) is 0 Å². The minimum atomic E-state index is -2.96. The second kappa shape index (κ2) is 14.7. The molecule has 0 radical (unpaired) electrons. The standard InChI is InChI=1S/C14H31N3O5S/c1-4-15-14(16-6-5-8-21-11-10-20-2)17-7-9-22-12-13-23(3,18)19/h4-13H2,1-3H3,(H2,15,16,17). The SMILES string of the molecule is CCNC(=NCCCOCCOC)NCCOCCS(C)(=O)=O. The molecule has 0 heterocycles. The Balaban J connectivity index is 3.73. The first-order valence-electron chi connectivity index (χ1n) is 7.84. The molecule has 0 spiro atoms. The van der Waals surface area contributed by atoms with Gasteiger partial charge in [-0.25, -0.2) is 8.42 Å². The Kier molecular flexibility index (Phi) is 14.1. The topological polar surface area (TPSA) is 98.2 Å². The Morgan fingerprint density at radius 3 is 2.43 bits per heavy atom. The quantitative estimate of drug-likeness (QED) is 0.250. The molecule has 0 atom stereocenters. The third kappa shape index (κ3) is 17.3. The zero-order valence-electron chi connectivity index (χ0n) is 14.5. The molecule has 0 aliphatic heterocycles. The molecule has 2 N–H and O–H groups in total. The highest BCUT2D eigenvalue weighted by molar-refractivity contribution is 7.90. The van der Waals surface area contributed by atoms with Gasteiger partial charge in [-0.2, -0.15) is 0 Å². The van der Waals surface area contributed by atoms with Gasteiger partial charge in [-0.1, -0.05) is 0 Å². The molecule has 0 aromatic heterocycles. The zero-order chi connectivity index (χ0) is 17.4. The summed E-state index contributed by atoms with van der Waals surface area (Å²) < 4.78 is 37.4. The van der Waals surface area contributed by atoms with Gasteiger partial charge in [0, 0.05) is 39.6 Å². The van der Waals surface area contributed by atoms with E-state index in [1.165, 1.54) is 6.26 Å². The second-order valence-electron chi connectivity index (χ2n) is 4.89. The van der Waals surface area contributed by atoms with Crippen molar-refractivity contribution in [2.24, 2.45) is 4.99 Å². The Bertz CT molecular complexity index is 401. The molecule has 0 fully saturated rings. The number of hydrogen-bond donors (Lipinski definition) is 2. The number of nitrogens with one attached hydrogen (secondary N) is 2. The Morgan fingerprint density at radius 1 is 1.04 bits per heavy atom. The average molecular weight is 353 g/mol. The molecule has 0 aromatic rings. The number of sulfone groups is 1. The molecule has 0 bridgehead atoms. The molecule has 138 valence electrons. The molecule has 0 unspecified atom stereocenters. The summed E-state index contributed by atoms with van der Waals surface area (Å²) in [5.74, 6) is 0.764. The van der Waals surface area contributed by atoms with Crippen molar-refractivity contribution >= 4 is 15.8 Å². The van der Waals surface area contributed by atoms with Crippen molar-refractivity contribution in [3.05, 3.63) is 0 Å². The highest BCUT2D eigenvalue weighted by Crippen LogP contribution is 1.86. The van der Waals surface area contributed by atoms with Crippen LogP contribution in [-0.2, 0) is 24.0 Å². The maximum Gasteiger partial charge on any atom is 0.191 e. The van der Waals surface area contributed by atoms with E-state index in [0.29, 0.717) is 39.5 Å². The van der Waals surface area contributed by atoms with Gasteiger partial charge in [0.15, 0.2) is 5.96 Å². The van der Waals surface area contributed by atoms with Gasteiger partial charge < -0.3 is 24.8 Å². The van der Waals surface area contributed by atoms with Crippen LogP contribution in [0.2, 0.25) is 0 Å². The molecule has 0 saturated carbocycles. The molecule has 0 aliphatic rings. The smallest absolute Gasteiger partial charge is 0.191 e. The fraction of sp³-hybridized carbons (Fsp3) is 0.929. The van der Waals surface area contributed by atoms with E-state index in [0.717, 1.165) is 18.9 Å². The molecule has 0 aromatic carbocycles. The third-order valence-electron chi connectivity index (χ3n) is 2.63. The van der Waals surface area contributed by atoms with E-state index in [1.54, 1.807) is 7.11 Å². The predicted molar refractivity (Wildman–Crippen MR) is 91.8 cm³/mol. The van der Waals surface area contributed by atoms with Gasteiger partial charge in [-0.3, -0.25) is 4.99 Å². The number of nitrogens with zero attached hydrogens (tertiary/aromatic N) is 1. The Hall–Kier alpha value is -0.900. The van der Waals surface area contributed by atoms with E-state index in [9.17, 15) is 8.42 Å². The van der Waals surface area contributed by atoms with Gasteiger partial charge in [-0.05, 0) is 13.3 Å². The normalized spacial score (nSPS) is 12.4. The van der Waals surface area contributed by atoms with Crippen LogP contribution in [0.15, 0.2) is 4.99 Å². The molecule has 8 nitrogen and oxygen atoms in total. The summed E-state index contributed by atoms with van der Waals surface area (Å²) in [6.07, 6.45) is 2.04. The van der Waals surface area contributed by atoms with Crippen molar-refractivity contribution in [2.75, 3.05) is 71.8 Å². The highest BCUT2D eigenvalue weighted by atomic mass is 32.2. The summed E-state index contributed by atoms with van der Waals surface area (Å²) in [7, 11) is -1.32. The zero-order valence-corrected chi connectivity index (χ0v) is 15.3. The molecule has 0 amide bonds. The van der Waals surface area contributed by atoms with Gasteiger partial charge in [0.1, 0.15) is 9.84 Å². The Morgan fingerprint density at radius 2 is 1.78 bits per heavy atom. The van der Waals surface area contributed by atoms with Crippen LogP contribution in [-0.4, -0.2) is 86.2 Å². The summed E-state index contributed by atoms with van der Waals surface area (Å²) in [5, 5.41) is 6.27. The number of methoxy groups -OCH3 is 1. The Labute approximate surface area is 139 Å². The summed E-state index contributed by atoms with van der Waals surface area (Å²) in [6, 6.07) is 0. The maximum atomic E-state index is 10.9. The van der Waals surface area contributed by atoms with Crippen molar-refractivity contribution in [3.63, 3.8) is 0 Å². The lowest BCUT2D eigenvalue weighted by molar-refractivity contribution is 0.0702. The van der Waals surface area contributed by atoms with Gasteiger partial charge in [-0.15, -0.1) is 0 Å². The van der Waals surface area contributed by atoms with Crippen LogP contribution in [0.4, 0.5) is 0 Å². The monoisotopic (exact) mass is 353 g/mol. The van der Waals surface area contributed by atoms with Crippen LogP contribution < -0.4 is 10.6 Å². The number of guanidine groups is 1. The summed E-state index contributed by atoms with van der Waals surface area (Å²) in [5.41, 5.74) is 0. The van der Waals surface area contributed by atoms with Crippen LogP contribution in [0.25, 0.3) is 0 Å². The van der Waals surface area contributed by atoms with E-state index in [2.05, 4.69) is 15.6 Å². The second-order valence-corrected chi connectivity index (χ2v) is 7.15. The van der Waals surface area contributed by atoms with Crippen LogP contribution in [0.1, 0.15) is 13.3 Å². The first kappa shape index (κ1) is 22.1. The number of hydrogen-bond acceptors (Lipinski definition) is 6. The molecule has 23 heavy (non-hydrogen) atoms. The lowest BCUT2D eigenvalue weighted by atomic mass is 10.4. The van der Waals surface area contributed by atoms with Gasteiger partial charge in [0.25, 0.3) is 0 Å². The van der Waals surface area contributed by atoms with Crippen LogP contribution >= 0.6 is 0 Å². The molecular formula is C14H31N3O5S. The van der Waals surface area contributed by atoms with Crippen molar-refractivity contribution in [1.29, 1.82) is 0 Å². The van der Waals surface area contributed by atoms with E-state index in [1.807, 2.05) is 6.92 Å². The van der Waals surface area contributed by atoms with Crippen molar-refractivity contribution < 1.29 is 22.6 Å². The highest BCUT2D eigenvalue weighted by Gasteiger charge is 2.01. The maximum absolute atomic E-state index is 10.9. The van der Waals surface area contributed by atoms with Gasteiger partial charge in [0.05, 0.1) is 32.2 Å². The van der Waals surface area contributed by atoms with E-state index >= 15 is 0 Å². The van der Waals surface area contributed by atoms with Crippen LogP contribution in [0, 0.1) is 0 Å². The predicted octanol–water partition coefficient (Wildman–Crippen LogP) is -0.344. The average Bonchev–Trinajstić information content (AvgIpc) is 2.48. The summed E-state index contributed by atoms with van der Waals surface area (Å²) in [4.78, 5) is 4.42. The van der Waals surface area contributed by atoms with Gasteiger partial charge >= 0.3 is 0 Å². The summed E-state index contributed by atoms with van der Waals surface area (Å²) in [6.45, 7) is 6.50. The molecule has 0 aliphatic carbocycles. The lowest BCUT2D eigenvalue weighted by Gasteiger charge is -2.11. The fourth-order valence-electron chi connectivity index (χ4n) is 1.50. The molecule has 0 rings (SSSR count). The number of rotatable bonds is 14. The number of aliphatic imine (C=N–C) groups is 1. The summed E-state index contributed by atoms with van der Waals surface area (Å²) >= 11 is 0. The van der Waals surface area contributed by atoms with Crippen molar-refractivity contribution in [3.8, 4) is 0 Å². The van der Waals surface area contributed by atoms with E-state index in [4.69, 9.17) is 14.2 Å². The molecule has 9 heteroatoms. The van der Waals surface area contributed by atoms with Crippen molar-refractivity contribution in [1.82, 2.24) is 10.6 Å². The minimum Gasteiger partial charge on any atom is -0.382 e. The first-order chi connectivity index (χ1) is 11.0. The van der Waals surface area contributed by atoms with E-state index in [-0.39, 0.29) is 12.4 Å². The first-order valence-corrected chi connectivity index (χ1v) is 9.90. The minimum absolute atomic E-state index is 0.0459. The number of ether oxygens (including phenoxy) is 3. The van der Waals surface area contributed by atoms with Crippen LogP contribution in [0.3, 0.4) is 0 Å². The lowest BCUT2D eigenvalue weighted by Crippen LogP contribution is -2.39. The van der Waals surface area contributed by atoms with E-state index < -0.39 is 9.84 Å². The molecular weight excluding hydrogens is 322 g/mol. The third-order valence-corrected chi connectivity index (χ3v) is 3.54. The fourth-order valence-corrected chi connectivity index (χ4v) is 1.92. The molecule has 0 saturated heterocycles. The van der Waals surface area contributed by atoms with Crippen molar-refractivity contribution in [2.45, 2.75) is 13.3 Å². The van der Waals surface area contributed by atoms with Gasteiger partial charge in [0.2, 0.25) is 0 Å².